The smallest absolute Gasteiger partial charge is 0.0705 e. The lowest BCUT2D eigenvalue weighted by atomic mass is 9.59. The van der Waals surface area contributed by atoms with E-state index in [1.54, 1.807) is 5.57 Å². The van der Waals surface area contributed by atoms with Gasteiger partial charge in [-0.25, -0.2) is 0 Å². The number of anilines is 1. The molecular weight excluding hydrogens is 412 g/mol. The van der Waals surface area contributed by atoms with Crippen molar-refractivity contribution in [3.8, 4) is 0 Å². The van der Waals surface area contributed by atoms with Gasteiger partial charge in [-0.15, -0.1) is 0 Å². The first-order chi connectivity index (χ1) is 16.7. The zero-order chi connectivity index (χ0) is 23.1. The molecule has 2 nitrogen and oxygen atoms in total. The number of nitrogens with one attached hydrogen (secondary N) is 1. The van der Waals surface area contributed by atoms with Gasteiger partial charge in [0.25, 0.3) is 0 Å². The summed E-state index contributed by atoms with van der Waals surface area (Å²) in [6.07, 6.45) is 25.3. The average Bonchev–Trinajstić information content (AvgIpc) is 3.21. The Morgan fingerprint density at radius 3 is 2.47 bits per heavy atom. The SMILES string of the molecule is N=C(c1ccc(C2(C3=CC=CCC3)C3=C(C=CCC3)C3C=CC=CC32)cc1)c1ccccc1N. The minimum Gasteiger partial charge on any atom is -0.398 e. The first-order valence-corrected chi connectivity index (χ1v) is 12.4. The Morgan fingerprint density at radius 1 is 0.882 bits per heavy atom. The Bertz CT molecular complexity index is 1330. The predicted molar refractivity (Wildman–Crippen MR) is 142 cm³/mol. The molecule has 0 aliphatic heterocycles. The second kappa shape index (κ2) is 8.29. The molecular formula is C32H30N2. The van der Waals surface area contributed by atoms with E-state index in [0.717, 1.165) is 36.8 Å². The quantitative estimate of drug-likeness (QED) is 0.381. The van der Waals surface area contributed by atoms with Gasteiger partial charge in [-0.1, -0.05) is 108 Å². The summed E-state index contributed by atoms with van der Waals surface area (Å²) in [5, 5.41) is 8.79. The summed E-state index contributed by atoms with van der Waals surface area (Å²) in [6, 6.07) is 16.5. The molecule has 0 spiro atoms. The van der Waals surface area contributed by atoms with Gasteiger partial charge in [-0.3, -0.25) is 5.41 Å². The van der Waals surface area contributed by atoms with Crippen LogP contribution in [0.4, 0.5) is 5.69 Å². The molecule has 4 aliphatic rings. The van der Waals surface area contributed by atoms with Crippen molar-refractivity contribution in [3.05, 3.63) is 137 Å². The minimum absolute atomic E-state index is 0.122. The Morgan fingerprint density at radius 2 is 1.68 bits per heavy atom. The molecule has 34 heavy (non-hydrogen) atoms. The third-order valence-corrected chi connectivity index (χ3v) is 8.06. The summed E-state index contributed by atoms with van der Waals surface area (Å²) in [4.78, 5) is 0. The van der Waals surface area contributed by atoms with Gasteiger partial charge in [0.1, 0.15) is 0 Å². The van der Waals surface area contributed by atoms with E-state index in [2.05, 4.69) is 78.9 Å². The van der Waals surface area contributed by atoms with Crippen LogP contribution in [0.15, 0.2) is 120 Å². The molecule has 0 amide bonds. The van der Waals surface area contributed by atoms with Crippen LogP contribution in [0.25, 0.3) is 0 Å². The fourth-order valence-corrected chi connectivity index (χ4v) is 6.61. The highest BCUT2D eigenvalue weighted by molar-refractivity contribution is 6.13. The van der Waals surface area contributed by atoms with E-state index < -0.39 is 0 Å². The van der Waals surface area contributed by atoms with Crippen LogP contribution in [-0.4, -0.2) is 5.71 Å². The van der Waals surface area contributed by atoms with E-state index in [1.165, 1.54) is 16.7 Å². The Labute approximate surface area is 202 Å². The van der Waals surface area contributed by atoms with E-state index >= 15 is 0 Å². The van der Waals surface area contributed by atoms with Gasteiger partial charge in [0.05, 0.1) is 5.71 Å². The molecule has 3 atom stereocenters. The lowest BCUT2D eigenvalue weighted by Crippen LogP contribution is -2.38. The molecule has 0 saturated carbocycles. The number of fused-ring (bicyclic) bond motifs is 2. The van der Waals surface area contributed by atoms with E-state index in [9.17, 15) is 0 Å². The van der Waals surface area contributed by atoms with Crippen molar-refractivity contribution >= 4 is 11.4 Å². The largest absolute Gasteiger partial charge is 0.398 e. The summed E-state index contributed by atoms with van der Waals surface area (Å²) in [7, 11) is 0. The average molecular weight is 443 g/mol. The standard InChI is InChI=1S/C32H30N2/c33-30-17-9-6-14-27(30)31(34)22-18-20-24(21-19-22)32(23-10-2-1-3-11-23)28-15-7-4-12-25(28)26-13-5-8-16-29(26)32/h1-2,4-7,9-10,12-15,17-21,25,28,34H,3,8,11,16,33H2. The molecule has 3 N–H and O–H groups in total. The van der Waals surface area contributed by atoms with E-state index in [1.807, 2.05) is 24.3 Å². The summed E-state index contributed by atoms with van der Waals surface area (Å²) >= 11 is 0. The fraction of sp³-hybridized carbons (Fsp3) is 0.219. The monoisotopic (exact) mass is 442 g/mol. The summed E-state index contributed by atoms with van der Waals surface area (Å²) < 4.78 is 0. The van der Waals surface area contributed by atoms with E-state index in [4.69, 9.17) is 11.1 Å². The maximum Gasteiger partial charge on any atom is 0.0705 e. The summed E-state index contributed by atoms with van der Waals surface area (Å²) in [5.41, 5.74) is 14.8. The van der Waals surface area contributed by atoms with Crippen molar-refractivity contribution < 1.29 is 0 Å². The van der Waals surface area contributed by atoms with Crippen molar-refractivity contribution in [2.45, 2.75) is 31.1 Å². The third kappa shape index (κ3) is 3.05. The lowest BCUT2D eigenvalue weighted by Gasteiger charge is -2.43. The number of benzene rings is 2. The number of nitrogens with two attached hydrogens (primary N) is 1. The van der Waals surface area contributed by atoms with Gasteiger partial charge in [0.2, 0.25) is 0 Å². The van der Waals surface area contributed by atoms with Crippen LogP contribution in [0.3, 0.4) is 0 Å². The van der Waals surface area contributed by atoms with Crippen LogP contribution in [0.5, 0.6) is 0 Å². The summed E-state index contributed by atoms with van der Waals surface area (Å²) in [6.45, 7) is 0. The van der Waals surface area contributed by atoms with Crippen molar-refractivity contribution in [2.24, 2.45) is 11.8 Å². The molecule has 0 heterocycles. The second-order valence-electron chi connectivity index (χ2n) is 9.70. The Hall–Kier alpha value is -3.65. The van der Waals surface area contributed by atoms with Crippen LogP contribution in [0, 0.1) is 17.2 Å². The molecule has 2 aromatic rings. The predicted octanol–water partition coefficient (Wildman–Crippen LogP) is 7.22. The number of allylic oxidation sites excluding steroid dienone is 12. The van der Waals surface area contributed by atoms with E-state index in [-0.39, 0.29) is 5.41 Å². The number of para-hydroxylation sites is 1. The number of rotatable bonds is 4. The van der Waals surface area contributed by atoms with Crippen molar-refractivity contribution in [1.29, 1.82) is 5.41 Å². The van der Waals surface area contributed by atoms with Crippen LogP contribution in [-0.2, 0) is 5.41 Å². The zero-order valence-electron chi connectivity index (χ0n) is 19.4. The minimum atomic E-state index is -0.122. The van der Waals surface area contributed by atoms with Crippen LogP contribution in [0.1, 0.15) is 42.4 Å². The normalized spacial score (nSPS) is 26.9. The molecule has 3 unspecified atom stereocenters. The maximum absolute atomic E-state index is 8.79. The topological polar surface area (TPSA) is 49.9 Å². The van der Waals surface area contributed by atoms with Crippen LogP contribution in [0.2, 0.25) is 0 Å². The number of hydrogen-bond donors (Lipinski definition) is 2. The molecule has 0 fully saturated rings. The number of hydrogen-bond acceptors (Lipinski definition) is 2. The van der Waals surface area contributed by atoms with Gasteiger partial charge in [0, 0.05) is 34.1 Å². The molecule has 2 heteroatoms. The molecule has 2 aromatic carbocycles. The highest BCUT2D eigenvalue weighted by Crippen LogP contribution is 2.61. The first-order valence-electron chi connectivity index (χ1n) is 12.4. The fourth-order valence-electron chi connectivity index (χ4n) is 6.61. The highest BCUT2D eigenvalue weighted by Gasteiger charge is 2.54. The molecule has 0 radical (unpaired) electrons. The molecule has 0 aromatic heterocycles. The second-order valence-corrected chi connectivity index (χ2v) is 9.70. The van der Waals surface area contributed by atoms with Crippen LogP contribution < -0.4 is 5.73 Å². The molecule has 168 valence electrons. The lowest BCUT2D eigenvalue weighted by molar-refractivity contribution is 0.400. The molecule has 0 saturated heterocycles. The number of nitrogen functional groups attached to an aromatic ring is 1. The van der Waals surface area contributed by atoms with Gasteiger partial charge in [-0.2, -0.15) is 0 Å². The van der Waals surface area contributed by atoms with Gasteiger partial charge >= 0.3 is 0 Å². The van der Waals surface area contributed by atoms with Gasteiger partial charge in [-0.05, 0) is 42.9 Å². The van der Waals surface area contributed by atoms with Crippen molar-refractivity contribution in [1.82, 2.24) is 0 Å². The van der Waals surface area contributed by atoms with Crippen molar-refractivity contribution in [2.75, 3.05) is 5.73 Å². The summed E-state index contributed by atoms with van der Waals surface area (Å²) in [5.74, 6) is 0.809. The van der Waals surface area contributed by atoms with Gasteiger partial charge < -0.3 is 5.73 Å². The Balaban J connectivity index is 1.51. The molecule has 4 aliphatic carbocycles. The zero-order valence-corrected chi connectivity index (χ0v) is 19.4. The third-order valence-electron chi connectivity index (χ3n) is 8.06. The van der Waals surface area contributed by atoms with E-state index in [0.29, 0.717) is 23.2 Å². The maximum atomic E-state index is 8.79. The first kappa shape index (κ1) is 20.9. The molecule has 6 rings (SSSR count). The van der Waals surface area contributed by atoms with Gasteiger partial charge in [0.15, 0.2) is 0 Å². The highest BCUT2D eigenvalue weighted by atomic mass is 14.6. The van der Waals surface area contributed by atoms with Crippen LogP contribution >= 0.6 is 0 Å². The van der Waals surface area contributed by atoms with Crippen molar-refractivity contribution in [3.63, 3.8) is 0 Å². The Kier molecular flexibility index (Phi) is 5.10. The molecule has 0 bridgehead atoms.